The van der Waals surface area contributed by atoms with Gasteiger partial charge in [0, 0.05) is 57.5 Å². The van der Waals surface area contributed by atoms with E-state index in [1.807, 2.05) is 41.7 Å². The van der Waals surface area contributed by atoms with Crippen molar-refractivity contribution < 1.29 is 28.9 Å². The van der Waals surface area contributed by atoms with Gasteiger partial charge in [0.2, 0.25) is 17.5 Å². The summed E-state index contributed by atoms with van der Waals surface area (Å²) in [5, 5.41) is 10.2. The SMILES string of the molecule is CC.CC.CCC/C(C(=O)c1nc(OCC(C)CCCNC)c2c(n1)[C@@H](CCOC)CN(C1COC1)C2)=C(/N)[C@H]1CCCCC1=O.CO. The van der Waals surface area contributed by atoms with Crippen molar-refractivity contribution in [3.63, 3.8) is 0 Å². The van der Waals surface area contributed by atoms with E-state index in [1.165, 1.54) is 0 Å². The van der Waals surface area contributed by atoms with E-state index in [4.69, 9.17) is 35.0 Å². The number of rotatable bonds is 16. The maximum atomic E-state index is 14.1. The van der Waals surface area contributed by atoms with E-state index in [0.717, 1.165) is 70.0 Å². The third kappa shape index (κ3) is 12.5. The number of aliphatic hydroxyl groups is 1. The zero-order valence-electron chi connectivity index (χ0n) is 31.5. The Bertz CT molecular complexity index is 1110. The molecule has 1 aromatic heterocycles. The number of methoxy groups -OCH3 is 1. The summed E-state index contributed by atoms with van der Waals surface area (Å²) in [6.45, 7) is 17.1. The second-order valence-corrected chi connectivity index (χ2v) is 12.3. The molecule has 3 atom stereocenters. The summed E-state index contributed by atoms with van der Waals surface area (Å²) in [6, 6.07) is 0.352. The number of hydrogen-bond acceptors (Lipinski definition) is 11. The number of ketones is 2. The van der Waals surface area contributed by atoms with Crippen molar-refractivity contribution >= 4 is 11.6 Å². The quantitative estimate of drug-likeness (QED) is 0.117. The molecule has 0 amide bonds. The number of aliphatic hydroxyl groups excluding tert-OH is 1. The van der Waals surface area contributed by atoms with Gasteiger partial charge in [-0.15, -0.1) is 0 Å². The van der Waals surface area contributed by atoms with E-state index in [9.17, 15) is 9.59 Å². The number of allylic oxidation sites excluding steroid dienone is 2. The molecule has 276 valence electrons. The van der Waals surface area contributed by atoms with E-state index < -0.39 is 5.92 Å². The van der Waals surface area contributed by atoms with Gasteiger partial charge in [0.15, 0.2) is 0 Å². The Morgan fingerprint density at radius 2 is 1.88 bits per heavy atom. The number of nitrogens with two attached hydrogens (primary N) is 1. The number of Topliss-reactive ketones (excluding diaryl/α,β-unsaturated/α-hetero) is 2. The van der Waals surface area contributed by atoms with E-state index in [-0.39, 0.29) is 23.3 Å². The molecule has 1 aromatic rings. The summed E-state index contributed by atoms with van der Waals surface area (Å²) in [7, 11) is 4.67. The van der Waals surface area contributed by atoms with Crippen LogP contribution in [-0.2, 0) is 20.8 Å². The minimum atomic E-state index is -0.399. The number of carbonyl (C=O) groups is 2. The fraction of sp³-hybridized carbons (Fsp3) is 0.784. The number of fused-ring (bicyclic) bond motifs is 1. The molecule has 0 spiro atoms. The molecule has 11 heteroatoms. The van der Waals surface area contributed by atoms with Crippen LogP contribution in [0, 0.1) is 11.8 Å². The molecule has 4 rings (SSSR count). The van der Waals surface area contributed by atoms with Gasteiger partial charge < -0.3 is 30.4 Å². The van der Waals surface area contributed by atoms with Crippen LogP contribution in [0.15, 0.2) is 11.3 Å². The number of nitrogens with one attached hydrogen (secondary N) is 1. The maximum absolute atomic E-state index is 14.1. The summed E-state index contributed by atoms with van der Waals surface area (Å²) < 4.78 is 17.4. The van der Waals surface area contributed by atoms with Crippen LogP contribution >= 0.6 is 0 Å². The highest BCUT2D eigenvalue weighted by Gasteiger charge is 2.37. The van der Waals surface area contributed by atoms with Gasteiger partial charge in [-0.25, -0.2) is 4.98 Å². The van der Waals surface area contributed by atoms with E-state index >= 15 is 0 Å². The topological polar surface area (TPSA) is 149 Å². The van der Waals surface area contributed by atoms with Gasteiger partial charge in [-0.1, -0.05) is 54.4 Å². The van der Waals surface area contributed by atoms with E-state index in [0.29, 0.717) is 81.3 Å². The minimum absolute atomic E-state index is 0.0649. The largest absolute Gasteiger partial charge is 0.477 e. The van der Waals surface area contributed by atoms with Gasteiger partial charge in [-0.2, -0.15) is 4.98 Å². The van der Waals surface area contributed by atoms with Gasteiger partial charge in [0.05, 0.1) is 43.0 Å². The minimum Gasteiger partial charge on any atom is -0.477 e. The zero-order valence-corrected chi connectivity index (χ0v) is 31.5. The molecule has 11 nitrogen and oxygen atoms in total. The van der Waals surface area contributed by atoms with E-state index in [2.05, 4.69) is 17.1 Å². The van der Waals surface area contributed by atoms with Crippen LogP contribution in [0.3, 0.4) is 0 Å². The zero-order chi connectivity index (χ0) is 36.1. The second kappa shape index (κ2) is 24.7. The molecule has 0 bridgehead atoms. The Balaban J connectivity index is 0.00000182. The Hall–Kier alpha value is -2.44. The fourth-order valence-electron chi connectivity index (χ4n) is 6.25. The van der Waals surface area contributed by atoms with Crippen LogP contribution in [-0.4, -0.2) is 98.4 Å². The summed E-state index contributed by atoms with van der Waals surface area (Å²) in [6.07, 6.45) is 7.10. The average molecular weight is 678 g/mol. The number of carbonyl (C=O) groups excluding carboxylic acids is 2. The Kier molecular flexibility index (Phi) is 22.4. The number of hydrogen-bond donors (Lipinski definition) is 3. The average Bonchev–Trinajstić information content (AvgIpc) is 3.10. The smallest absolute Gasteiger partial charge is 0.228 e. The Morgan fingerprint density at radius 3 is 2.46 bits per heavy atom. The van der Waals surface area contributed by atoms with Crippen molar-refractivity contribution in [1.82, 2.24) is 20.2 Å². The Labute approximate surface area is 290 Å². The van der Waals surface area contributed by atoms with Gasteiger partial charge in [-0.05, 0) is 58.0 Å². The van der Waals surface area contributed by atoms with Gasteiger partial charge in [0.25, 0.3) is 0 Å². The van der Waals surface area contributed by atoms with Crippen molar-refractivity contribution in [2.45, 2.75) is 118 Å². The maximum Gasteiger partial charge on any atom is 0.228 e. The molecule has 4 N–H and O–H groups in total. The highest BCUT2D eigenvalue weighted by Crippen LogP contribution is 2.37. The lowest BCUT2D eigenvalue weighted by Gasteiger charge is -2.42. The van der Waals surface area contributed by atoms with Gasteiger partial charge in [0.1, 0.15) is 5.78 Å². The molecule has 1 unspecified atom stereocenters. The first-order valence-corrected chi connectivity index (χ1v) is 18.4. The number of ether oxygens (including phenoxy) is 3. The normalized spacial score (nSPS) is 20.2. The molecule has 0 aromatic carbocycles. The Morgan fingerprint density at radius 1 is 1.17 bits per heavy atom. The van der Waals surface area contributed by atoms with E-state index in [1.54, 1.807) is 7.11 Å². The van der Waals surface area contributed by atoms with Crippen molar-refractivity contribution in [2.75, 3.05) is 60.8 Å². The van der Waals surface area contributed by atoms with Crippen LogP contribution in [0.4, 0.5) is 0 Å². The molecule has 2 fully saturated rings. The molecule has 1 saturated carbocycles. The van der Waals surface area contributed by atoms with Crippen molar-refractivity contribution in [1.29, 1.82) is 0 Å². The van der Waals surface area contributed by atoms with Crippen LogP contribution in [0.1, 0.15) is 127 Å². The first-order valence-electron chi connectivity index (χ1n) is 18.4. The summed E-state index contributed by atoms with van der Waals surface area (Å²) >= 11 is 0. The molecule has 1 aliphatic carbocycles. The molecular formula is C37H67N5O6. The highest BCUT2D eigenvalue weighted by molar-refractivity contribution is 6.07. The third-order valence-electron chi connectivity index (χ3n) is 8.90. The third-order valence-corrected chi connectivity index (χ3v) is 8.90. The van der Waals surface area contributed by atoms with Crippen LogP contribution in [0.2, 0.25) is 0 Å². The predicted molar refractivity (Wildman–Crippen MR) is 192 cm³/mol. The summed E-state index contributed by atoms with van der Waals surface area (Å²) in [4.78, 5) is 39.1. The van der Waals surface area contributed by atoms with Crippen LogP contribution in [0.25, 0.3) is 0 Å². The van der Waals surface area contributed by atoms with Crippen molar-refractivity contribution in [3.8, 4) is 5.88 Å². The fourth-order valence-corrected chi connectivity index (χ4v) is 6.25. The first-order chi connectivity index (χ1) is 23.4. The van der Waals surface area contributed by atoms with Gasteiger partial charge >= 0.3 is 0 Å². The monoisotopic (exact) mass is 678 g/mol. The lowest BCUT2D eigenvalue weighted by molar-refractivity contribution is -0.123. The summed E-state index contributed by atoms with van der Waals surface area (Å²) in [5.74, 6) is 0.434. The van der Waals surface area contributed by atoms with Crippen molar-refractivity contribution in [2.24, 2.45) is 17.6 Å². The molecule has 2 aliphatic heterocycles. The van der Waals surface area contributed by atoms with Gasteiger partial charge in [-0.3, -0.25) is 14.5 Å². The van der Waals surface area contributed by atoms with Crippen LogP contribution < -0.4 is 15.8 Å². The number of aromatic nitrogens is 2. The molecule has 3 aliphatic rings. The lowest BCUT2D eigenvalue weighted by Crippen LogP contribution is -2.51. The number of nitrogens with zero attached hydrogens (tertiary/aromatic N) is 3. The molecule has 1 saturated heterocycles. The molecule has 0 radical (unpaired) electrons. The lowest BCUT2D eigenvalue weighted by atomic mass is 9.83. The van der Waals surface area contributed by atoms with Crippen molar-refractivity contribution in [3.05, 3.63) is 28.4 Å². The molecule has 3 heterocycles. The molecular weight excluding hydrogens is 610 g/mol. The first kappa shape index (κ1) is 43.6. The second-order valence-electron chi connectivity index (χ2n) is 12.3. The highest BCUT2D eigenvalue weighted by atomic mass is 16.5. The standard InChI is InChI=1S/C32H51N5O5.2C2H6.CH4O/c1-5-9-25(28(33)24-11-6-7-12-27(24)38)30(39)31-35-29-22(13-15-40-4)16-37(23-19-41-20-23)17-26(29)32(36-31)42-18-21(2)10-8-14-34-3;3*1-2/h21-24,34H,5-20,33H2,1-4H3;2*1-2H3;2H,1H3/b28-25-;;;/t21?,22-,24-;;;/m0.../s1. The van der Waals surface area contributed by atoms with Crippen LogP contribution in [0.5, 0.6) is 5.88 Å². The molecule has 48 heavy (non-hydrogen) atoms. The summed E-state index contributed by atoms with van der Waals surface area (Å²) in [5.41, 5.74) is 9.31. The predicted octanol–water partition coefficient (Wildman–Crippen LogP) is 5.44.